The summed E-state index contributed by atoms with van der Waals surface area (Å²) in [5, 5.41) is 2.90. The normalized spacial score (nSPS) is 16.0. The van der Waals surface area contributed by atoms with Crippen molar-refractivity contribution in [2.45, 2.75) is 19.9 Å². The van der Waals surface area contributed by atoms with Crippen molar-refractivity contribution in [3.63, 3.8) is 0 Å². The molecule has 1 atom stereocenters. The van der Waals surface area contributed by atoms with Crippen molar-refractivity contribution in [1.29, 1.82) is 0 Å². The molecule has 1 aliphatic heterocycles. The molecule has 0 fully saturated rings. The molecule has 2 heterocycles. The van der Waals surface area contributed by atoms with Gasteiger partial charge in [-0.25, -0.2) is 4.98 Å². The summed E-state index contributed by atoms with van der Waals surface area (Å²) in [6.45, 7) is 2.57. The van der Waals surface area contributed by atoms with Crippen LogP contribution in [0.3, 0.4) is 0 Å². The molecule has 134 valence electrons. The smallest absolute Gasteiger partial charge is 0.227 e. The summed E-state index contributed by atoms with van der Waals surface area (Å²) in [4.78, 5) is 17.0. The molecular formula is C20H20N2O4. The molecule has 2 aromatic carbocycles. The first kappa shape index (κ1) is 16.4. The summed E-state index contributed by atoms with van der Waals surface area (Å²) >= 11 is 0. The number of oxazole rings is 1. The molecule has 26 heavy (non-hydrogen) atoms. The van der Waals surface area contributed by atoms with Crippen LogP contribution in [0.1, 0.15) is 17.0 Å². The van der Waals surface area contributed by atoms with Gasteiger partial charge in [0.1, 0.15) is 12.1 Å². The van der Waals surface area contributed by atoms with Crippen LogP contribution in [0.25, 0.3) is 11.1 Å². The van der Waals surface area contributed by atoms with Crippen LogP contribution in [0.15, 0.2) is 40.8 Å². The number of fused-ring (bicyclic) bond motifs is 2. The first-order valence-electron chi connectivity index (χ1n) is 8.57. The number of amides is 1. The van der Waals surface area contributed by atoms with Gasteiger partial charge in [-0.05, 0) is 36.6 Å². The van der Waals surface area contributed by atoms with Crippen molar-refractivity contribution in [3.05, 3.63) is 53.4 Å². The van der Waals surface area contributed by atoms with Gasteiger partial charge in [0.05, 0.1) is 19.6 Å². The molecule has 0 spiro atoms. The zero-order chi connectivity index (χ0) is 18.1. The Kier molecular flexibility index (Phi) is 4.24. The lowest BCUT2D eigenvalue weighted by molar-refractivity contribution is -0.126. The topological polar surface area (TPSA) is 73.6 Å². The molecule has 4 rings (SSSR count). The Morgan fingerprint density at radius 2 is 2.15 bits per heavy atom. The Bertz CT molecular complexity index is 964. The van der Waals surface area contributed by atoms with Crippen LogP contribution >= 0.6 is 0 Å². The Hall–Kier alpha value is -3.02. The quantitative estimate of drug-likeness (QED) is 0.781. The molecule has 1 aliphatic rings. The van der Waals surface area contributed by atoms with Crippen LogP contribution in [-0.2, 0) is 17.8 Å². The van der Waals surface area contributed by atoms with Gasteiger partial charge < -0.3 is 19.2 Å². The highest BCUT2D eigenvalue weighted by Crippen LogP contribution is 2.36. The van der Waals surface area contributed by atoms with Gasteiger partial charge in [-0.3, -0.25) is 4.79 Å². The fraction of sp³-hybridized carbons (Fsp3) is 0.300. The third-order valence-corrected chi connectivity index (χ3v) is 4.63. The zero-order valence-electron chi connectivity index (χ0n) is 14.7. The molecule has 6 nitrogen and oxygen atoms in total. The third-order valence-electron chi connectivity index (χ3n) is 4.63. The first-order chi connectivity index (χ1) is 12.7. The summed E-state index contributed by atoms with van der Waals surface area (Å²) in [6, 6.07) is 11.5. The number of rotatable bonds is 4. The predicted octanol–water partition coefficient (Wildman–Crippen LogP) is 3.01. The number of carbonyl (C=O) groups excluding carboxylic acids is 1. The van der Waals surface area contributed by atoms with Crippen molar-refractivity contribution in [2.24, 2.45) is 5.92 Å². The Morgan fingerprint density at radius 1 is 1.31 bits per heavy atom. The Balaban J connectivity index is 1.43. The van der Waals surface area contributed by atoms with Crippen molar-refractivity contribution in [1.82, 2.24) is 10.3 Å². The molecule has 0 radical (unpaired) electrons. The monoisotopic (exact) mass is 352 g/mol. The van der Waals surface area contributed by atoms with Crippen LogP contribution in [0.2, 0.25) is 0 Å². The van der Waals surface area contributed by atoms with Crippen LogP contribution in [0, 0.1) is 12.8 Å². The van der Waals surface area contributed by atoms with E-state index in [1.807, 2.05) is 43.3 Å². The van der Waals surface area contributed by atoms with E-state index < -0.39 is 0 Å². The molecule has 1 N–H and O–H groups in total. The van der Waals surface area contributed by atoms with Crippen molar-refractivity contribution in [2.75, 3.05) is 13.7 Å². The van der Waals surface area contributed by atoms with Gasteiger partial charge in [-0.1, -0.05) is 24.3 Å². The van der Waals surface area contributed by atoms with E-state index in [1.165, 1.54) is 0 Å². The van der Waals surface area contributed by atoms with Gasteiger partial charge in [-0.15, -0.1) is 0 Å². The average molecular weight is 352 g/mol. The van der Waals surface area contributed by atoms with E-state index in [1.54, 1.807) is 7.11 Å². The maximum Gasteiger partial charge on any atom is 0.227 e. The molecule has 0 bridgehead atoms. The maximum atomic E-state index is 12.5. The van der Waals surface area contributed by atoms with E-state index in [2.05, 4.69) is 10.3 Å². The van der Waals surface area contributed by atoms with E-state index in [-0.39, 0.29) is 18.4 Å². The molecule has 0 saturated carbocycles. The van der Waals surface area contributed by atoms with Crippen LogP contribution in [0.5, 0.6) is 11.5 Å². The van der Waals surface area contributed by atoms with Crippen LogP contribution in [-0.4, -0.2) is 24.6 Å². The highest BCUT2D eigenvalue weighted by atomic mass is 16.5. The van der Waals surface area contributed by atoms with Gasteiger partial charge in [0, 0.05) is 0 Å². The Morgan fingerprint density at radius 3 is 2.96 bits per heavy atom. The number of benzene rings is 2. The standard InChI is InChI=1S/C20H20N2O4/c1-12-5-3-7-15-18(12)22-17(26-15)10-21-20(23)14-9-13-6-4-8-16(24-2)19(13)25-11-14/h3-8,14H,9-11H2,1-2H3,(H,21,23). The van der Waals surface area contributed by atoms with E-state index in [0.29, 0.717) is 24.7 Å². The number of aromatic nitrogens is 1. The second kappa shape index (κ2) is 6.71. The minimum absolute atomic E-state index is 0.0718. The van der Waals surface area contributed by atoms with Crippen LogP contribution < -0.4 is 14.8 Å². The largest absolute Gasteiger partial charge is 0.493 e. The number of hydrogen-bond acceptors (Lipinski definition) is 5. The number of para-hydroxylation sites is 2. The first-order valence-corrected chi connectivity index (χ1v) is 8.57. The van der Waals surface area contributed by atoms with Gasteiger partial charge in [0.15, 0.2) is 17.1 Å². The number of carbonyl (C=O) groups is 1. The van der Waals surface area contributed by atoms with Crippen molar-refractivity contribution < 1.29 is 18.7 Å². The molecule has 1 unspecified atom stereocenters. The lowest BCUT2D eigenvalue weighted by atomic mass is 9.95. The lowest BCUT2D eigenvalue weighted by Gasteiger charge is -2.25. The number of hydrogen-bond donors (Lipinski definition) is 1. The van der Waals surface area contributed by atoms with Gasteiger partial charge in [0.25, 0.3) is 0 Å². The van der Waals surface area contributed by atoms with Gasteiger partial charge in [-0.2, -0.15) is 0 Å². The third kappa shape index (κ3) is 2.98. The maximum absolute atomic E-state index is 12.5. The summed E-state index contributed by atoms with van der Waals surface area (Å²) in [5.74, 6) is 1.61. The molecule has 0 saturated heterocycles. The van der Waals surface area contributed by atoms with Crippen molar-refractivity contribution in [3.8, 4) is 11.5 Å². The fourth-order valence-corrected chi connectivity index (χ4v) is 3.24. The number of ether oxygens (including phenoxy) is 2. The predicted molar refractivity (Wildman–Crippen MR) is 96.3 cm³/mol. The van der Waals surface area contributed by atoms with Gasteiger partial charge in [0.2, 0.25) is 11.8 Å². The van der Waals surface area contributed by atoms with Crippen molar-refractivity contribution >= 4 is 17.0 Å². The van der Waals surface area contributed by atoms with E-state index in [4.69, 9.17) is 13.9 Å². The number of aryl methyl sites for hydroxylation is 1. The van der Waals surface area contributed by atoms with Crippen LogP contribution in [0.4, 0.5) is 0 Å². The molecular weight excluding hydrogens is 332 g/mol. The van der Waals surface area contributed by atoms with E-state index in [0.717, 1.165) is 28.0 Å². The molecule has 0 aliphatic carbocycles. The fourth-order valence-electron chi connectivity index (χ4n) is 3.24. The highest BCUT2D eigenvalue weighted by Gasteiger charge is 2.28. The van der Waals surface area contributed by atoms with E-state index in [9.17, 15) is 4.79 Å². The number of nitrogens with zero attached hydrogens (tertiary/aromatic N) is 1. The SMILES string of the molecule is COc1cccc2c1OCC(C(=O)NCc1nc3c(C)cccc3o1)C2. The molecule has 6 heteroatoms. The number of nitrogens with one attached hydrogen (secondary N) is 1. The van der Waals surface area contributed by atoms with E-state index >= 15 is 0 Å². The molecule has 3 aromatic rings. The molecule has 1 amide bonds. The summed E-state index contributed by atoms with van der Waals surface area (Å²) < 4.78 is 16.8. The lowest BCUT2D eigenvalue weighted by Crippen LogP contribution is -2.37. The van der Waals surface area contributed by atoms with Gasteiger partial charge >= 0.3 is 0 Å². The molecule has 1 aromatic heterocycles. The minimum Gasteiger partial charge on any atom is -0.493 e. The second-order valence-corrected chi connectivity index (χ2v) is 6.41. The zero-order valence-corrected chi connectivity index (χ0v) is 14.7. The minimum atomic E-state index is -0.249. The summed E-state index contributed by atoms with van der Waals surface area (Å²) in [7, 11) is 1.61. The average Bonchev–Trinajstić information content (AvgIpc) is 3.09. The Labute approximate surface area is 151 Å². The number of methoxy groups -OCH3 is 1. The highest BCUT2D eigenvalue weighted by molar-refractivity contribution is 5.80. The second-order valence-electron chi connectivity index (χ2n) is 6.41. The summed E-state index contributed by atoms with van der Waals surface area (Å²) in [6.07, 6.45) is 0.616. The summed E-state index contributed by atoms with van der Waals surface area (Å²) in [5.41, 5.74) is 3.60.